The van der Waals surface area contributed by atoms with E-state index < -0.39 is 0 Å². The number of ether oxygens (including phenoxy) is 2. The second-order valence-corrected chi connectivity index (χ2v) is 5.47. The number of nitrogens with zero attached hydrogens (tertiary/aromatic N) is 3. The molecule has 7 nitrogen and oxygen atoms in total. The summed E-state index contributed by atoms with van der Waals surface area (Å²) in [4.78, 5) is 20.0. The second-order valence-electron chi connectivity index (χ2n) is 5.47. The molecule has 2 heterocycles. The Morgan fingerprint density at radius 1 is 1.19 bits per heavy atom. The molecule has 0 unspecified atom stereocenters. The zero-order chi connectivity index (χ0) is 18.9. The lowest BCUT2D eigenvalue weighted by molar-refractivity contribution is 0.0955. The molecule has 0 aliphatic carbocycles. The van der Waals surface area contributed by atoms with Crippen molar-refractivity contribution in [3.8, 4) is 11.6 Å². The molecular weight excluding hydrogens is 344 g/mol. The van der Waals surface area contributed by atoms with Crippen molar-refractivity contribution in [1.29, 1.82) is 0 Å². The van der Waals surface area contributed by atoms with Crippen LogP contribution in [0.3, 0.4) is 0 Å². The molecule has 1 N–H and O–H groups in total. The first kappa shape index (κ1) is 18.1. The van der Waals surface area contributed by atoms with Gasteiger partial charge in [0.1, 0.15) is 12.4 Å². The van der Waals surface area contributed by atoms with Gasteiger partial charge in [0.2, 0.25) is 5.88 Å². The van der Waals surface area contributed by atoms with Crippen LogP contribution in [0.15, 0.2) is 72.2 Å². The Balaban J connectivity index is 1.66. The monoisotopic (exact) mass is 362 g/mol. The van der Waals surface area contributed by atoms with E-state index in [2.05, 4.69) is 20.5 Å². The van der Waals surface area contributed by atoms with E-state index >= 15 is 0 Å². The largest absolute Gasteiger partial charge is 0.496 e. The lowest BCUT2D eigenvalue weighted by atomic mass is 10.1. The third-order valence-electron chi connectivity index (χ3n) is 3.62. The Bertz CT molecular complexity index is 915. The minimum Gasteiger partial charge on any atom is -0.496 e. The number of methoxy groups -OCH3 is 1. The normalized spacial score (nSPS) is 10.6. The Morgan fingerprint density at radius 3 is 2.85 bits per heavy atom. The van der Waals surface area contributed by atoms with Crippen LogP contribution in [-0.2, 0) is 6.61 Å². The molecule has 0 aliphatic rings. The van der Waals surface area contributed by atoms with E-state index in [1.807, 2.05) is 30.3 Å². The molecule has 0 saturated heterocycles. The van der Waals surface area contributed by atoms with Crippen molar-refractivity contribution in [2.75, 3.05) is 7.11 Å². The first-order valence-electron chi connectivity index (χ1n) is 8.20. The van der Waals surface area contributed by atoms with Gasteiger partial charge >= 0.3 is 0 Å². The van der Waals surface area contributed by atoms with Crippen LogP contribution in [0.25, 0.3) is 0 Å². The minimum absolute atomic E-state index is 0.296. The second kappa shape index (κ2) is 9.10. The van der Waals surface area contributed by atoms with E-state index in [1.54, 1.807) is 43.9 Å². The summed E-state index contributed by atoms with van der Waals surface area (Å²) in [6.07, 6.45) is 6.30. The summed E-state index contributed by atoms with van der Waals surface area (Å²) in [6, 6.07) is 14.4. The Labute approximate surface area is 156 Å². The van der Waals surface area contributed by atoms with Gasteiger partial charge < -0.3 is 9.47 Å². The average Bonchev–Trinajstić information content (AvgIpc) is 2.73. The first-order valence-corrected chi connectivity index (χ1v) is 8.20. The number of aromatic nitrogens is 2. The van der Waals surface area contributed by atoms with Crippen LogP contribution in [0, 0.1) is 0 Å². The predicted octanol–water partition coefficient (Wildman–Crippen LogP) is 2.83. The maximum absolute atomic E-state index is 11.9. The number of amides is 1. The van der Waals surface area contributed by atoms with Crippen LogP contribution in [0.5, 0.6) is 11.6 Å². The summed E-state index contributed by atoms with van der Waals surface area (Å²) in [5, 5.41) is 3.99. The van der Waals surface area contributed by atoms with Crippen LogP contribution in [0.2, 0.25) is 0 Å². The van der Waals surface area contributed by atoms with Crippen LogP contribution in [-0.4, -0.2) is 29.2 Å². The molecule has 0 radical (unpaired) electrons. The number of nitrogens with one attached hydrogen (secondary N) is 1. The lowest BCUT2D eigenvalue weighted by Gasteiger charge is -2.10. The van der Waals surface area contributed by atoms with Crippen LogP contribution in [0.1, 0.15) is 21.5 Å². The van der Waals surface area contributed by atoms with Gasteiger partial charge in [-0.05, 0) is 42.0 Å². The molecule has 7 heteroatoms. The number of hydrazone groups is 1. The van der Waals surface area contributed by atoms with Crippen LogP contribution in [0.4, 0.5) is 0 Å². The molecule has 0 atom stereocenters. The molecule has 27 heavy (non-hydrogen) atoms. The number of benzene rings is 1. The summed E-state index contributed by atoms with van der Waals surface area (Å²) in [5.41, 5.74) is 4.54. The first-order chi connectivity index (χ1) is 13.3. The predicted molar refractivity (Wildman–Crippen MR) is 101 cm³/mol. The lowest BCUT2D eigenvalue weighted by Crippen LogP contribution is -2.17. The Kier molecular flexibility index (Phi) is 6.08. The van der Waals surface area contributed by atoms with E-state index in [9.17, 15) is 4.79 Å². The molecule has 136 valence electrons. The third kappa shape index (κ3) is 5.12. The van der Waals surface area contributed by atoms with Gasteiger partial charge in [0.25, 0.3) is 5.91 Å². The summed E-state index contributed by atoms with van der Waals surface area (Å²) < 4.78 is 11.0. The van der Waals surface area contributed by atoms with E-state index in [1.165, 1.54) is 6.20 Å². The molecule has 0 spiro atoms. The number of hydrogen-bond donors (Lipinski definition) is 1. The molecule has 2 aromatic heterocycles. The fraction of sp³-hybridized carbons (Fsp3) is 0.100. The van der Waals surface area contributed by atoms with E-state index in [4.69, 9.17) is 9.47 Å². The van der Waals surface area contributed by atoms with E-state index in [-0.39, 0.29) is 5.91 Å². The van der Waals surface area contributed by atoms with Gasteiger partial charge in [0, 0.05) is 30.2 Å². The molecule has 3 aromatic rings. The van der Waals surface area contributed by atoms with Gasteiger partial charge in [-0.15, -0.1) is 0 Å². The zero-order valence-electron chi connectivity index (χ0n) is 14.7. The van der Waals surface area contributed by atoms with Gasteiger partial charge in [0.15, 0.2) is 0 Å². The molecule has 1 aromatic carbocycles. The molecule has 1 amide bonds. The fourth-order valence-electron chi connectivity index (χ4n) is 2.30. The van der Waals surface area contributed by atoms with Crippen LogP contribution >= 0.6 is 0 Å². The maximum Gasteiger partial charge on any atom is 0.272 e. The molecule has 3 rings (SSSR count). The van der Waals surface area contributed by atoms with Gasteiger partial charge in [-0.25, -0.2) is 10.4 Å². The quantitative estimate of drug-likeness (QED) is 0.516. The van der Waals surface area contributed by atoms with Crippen molar-refractivity contribution in [1.82, 2.24) is 15.4 Å². The van der Waals surface area contributed by atoms with Gasteiger partial charge in [0.05, 0.1) is 18.9 Å². The highest BCUT2D eigenvalue weighted by molar-refractivity contribution is 5.94. The molecule has 0 fully saturated rings. The van der Waals surface area contributed by atoms with E-state index in [0.29, 0.717) is 23.8 Å². The van der Waals surface area contributed by atoms with Gasteiger partial charge in [-0.3, -0.25) is 9.78 Å². The molecule has 0 bridgehead atoms. The SMILES string of the molecule is COc1ccc(C=NNC(=O)c2cccnc2)cc1COc1ccccn1. The smallest absolute Gasteiger partial charge is 0.272 e. The Hall–Kier alpha value is -3.74. The topological polar surface area (TPSA) is 85.7 Å². The fourth-order valence-corrected chi connectivity index (χ4v) is 2.30. The maximum atomic E-state index is 11.9. The highest BCUT2D eigenvalue weighted by Crippen LogP contribution is 2.21. The van der Waals surface area contributed by atoms with Crippen molar-refractivity contribution >= 4 is 12.1 Å². The number of hydrogen-bond acceptors (Lipinski definition) is 6. The summed E-state index contributed by atoms with van der Waals surface area (Å²) >= 11 is 0. The number of carbonyl (C=O) groups excluding carboxylic acids is 1. The molecular formula is C20H18N4O3. The van der Waals surface area contributed by atoms with Crippen LogP contribution < -0.4 is 14.9 Å². The summed E-state index contributed by atoms with van der Waals surface area (Å²) in [7, 11) is 1.60. The zero-order valence-corrected chi connectivity index (χ0v) is 14.7. The van der Waals surface area contributed by atoms with E-state index in [0.717, 1.165) is 11.1 Å². The highest BCUT2D eigenvalue weighted by atomic mass is 16.5. The minimum atomic E-state index is -0.327. The van der Waals surface area contributed by atoms with Gasteiger partial charge in [-0.2, -0.15) is 5.10 Å². The summed E-state index contributed by atoms with van der Waals surface area (Å²) in [5.74, 6) is 0.899. The number of rotatable bonds is 7. The van der Waals surface area contributed by atoms with Crippen molar-refractivity contribution in [3.05, 3.63) is 83.8 Å². The standard InChI is InChI=1S/C20H18N4O3/c1-26-18-8-7-15(11-17(18)14-27-19-6-2-3-10-22-19)12-23-24-20(25)16-5-4-9-21-13-16/h2-13H,14H2,1H3,(H,24,25). The molecule has 0 aliphatic heterocycles. The summed E-state index contributed by atoms with van der Waals surface area (Å²) in [6.45, 7) is 0.296. The average molecular weight is 362 g/mol. The van der Waals surface area contributed by atoms with Crippen molar-refractivity contribution < 1.29 is 14.3 Å². The van der Waals surface area contributed by atoms with Crippen molar-refractivity contribution in [3.63, 3.8) is 0 Å². The highest BCUT2D eigenvalue weighted by Gasteiger charge is 2.06. The third-order valence-corrected chi connectivity index (χ3v) is 3.62. The Morgan fingerprint density at radius 2 is 2.11 bits per heavy atom. The molecule has 0 saturated carbocycles. The van der Waals surface area contributed by atoms with Crippen molar-refractivity contribution in [2.45, 2.75) is 6.61 Å². The number of carbonyl (C=O) groups is 1. The van der Waals surface area contributed by atoms with Gasteiger partial charge in [-0.1, -0.05) is 6.07 Å². The van der Waals surface area contributed by atoms with Crippen molar-refractivity contribution in [2.24, 2.45) is 5.10 Å². The number of pyridine rings is 2.